The quantitative estimate of drug-likeness (QED) is 0.553. The molecule has 0 saturated carbocycles. The Morgan fingerprint density at radius 3 is 2.43 bits per heavy atom. The molecule has 0 radical (unpaired) electrons. The van der Waals surface area contributed by atoms with Crippen molar-refractivity contribution in [2.45, 2.75) is 19.9 Å². The number of nitrogens with one attached hydrogen (secondary N) is 1. The number of rotatable bonds is 3. The summed E-state index contributed by atoms with van der Waals surface area (Å²) < 4.78 is 0. The van der Waals surface area contributed by atoms with E-state index in [0.717, 1.165) is 10.4 Å². The summed E-state index contributed by atoms with van der Waals surface area (Å²) in [5.74, 6) is 0.525. The highest BCUT2D eigenvalue weighted by Crippen LogP contribution is 2.25. The largest absolute Gasteiger partial charge is 0.384 e. The van der Waals surface area contributed by atoms with Gasteiger partial charge in [-0.25, -0.2) is 0 Å². The van der Waals surface area contributed by atoms with Gasteiger partial charge in [-0.2, -0.15) is 0 Å². The van der Waals surface area contributed by atoms with Crippen molar-refractivity contribution >= 4 is 29.6 Å². The molecule has 0 aliphatic heterocycles. The molecule has 5 heteroatoms. The van der Waals surface area contributed by atoms with Crippen molar-refractivity contribution in [3.63, 3.8) is 0 Å². The van der Waals surface area contributed by atoms with Crippen LogP contribution in [0.3, 0.4) is 0 Å². The van der Waals surface area contributed by atoms with E-state index in [1.54, 1.807) is 11.3 Å². The average molecular weight is 234 g/mol. The molecule has 0 bridgehead atoms. The predicted octanol–water partition coefficient (Wildman–Crippen LogP) is 2.11. The van der Waals surface area contributed by atoms with Crippen LogP contribution >= 0.6 is 23.7 Å². The maximum absolute atomic E-state index is 7.24. The van der Waals surface area contributed by atoms with Gasteiger partial charge in [-0.1, -0.05) is 13.8 Å². The highest BCUT2D eigenvalue weighted by molar-refractivity contribution is 7.10. The molecule has 1 aromatic heterocycles. The van der Waals surface area contributed by atoms with Gasteiger partial charge in [-0.15, -0.1) is 23.7 Å². The van der Waals surface area contributed by atoms with Crippen LogP contribution in [0, 0.1) is 11.3 Å². The first-order chi connectivity index (χ1) is 6.02. The molecule has 1 rings (SSSR count). The van der Waals surface area contributed by atoms with Crippen LogP contribution in [0.1, 0.15) is 30.3 Å². The lowest BCUT2D eigenvalue weighted by Gasteiger charge is -2.12. The summed E-state index contributed by atoms with van der Waals surface area (Å²) in [4.78, 5) is 1.10. The van der Waals surface area contributed by atoms with E-state index >= 15 is 0 Å². The van der Waals surface area contributed by atoms with Crippen LogP contribution in [0.4, 0.5) is 0 Å². The Bertz CT molecular complexity index is 309. The summed E-state index contributed by atoms with van der Waals surface area (Å²) in [7, 11) is 0. The topological polar surface area (TPSA) is 75.9 Å². The van der Waals surface area contributed by atoms with E-state index in [2.05, 4.69) is 13.8 Å². The Labute approximate surface area is 94.4 Å². The van der Waals surface area contributed by atoms with Gasteiger partial charge in [0.25, 0.3) is 0 Å². The predicted molar refractivity (Wildman–Crippen MR) is 64.3 cm³/mol. The molecule has 80 valence electrons. The lowest BCUT2D eigenvalue weighted by molar-refractivity contribution is 0.521. The first kappa shape index (κ1) is 13.4. The van der Waals surface area contributed by atoms with Crippen molar-refractivity contribution in [3.05, 3.63) is 21.9 Å². The normalized spacial score (nSPS) is 12.3. The zero-order valence-corrected chi connectivity index (χ0v) is 9.91. The molecule has 1 heterocycles. The molecule has 0 saturated heterocycles. The maximum Gasteiger partial charge on any atom is 0.123 e. The lowest BCUT2D eigenvalue weighted by atomic mass is 10.0. The summed E-state index contributed by atoms with van der Waals surface area (Å²) in [6, 6.07) is 1.95. The van der Waals surface area contributed by atoms with Gasteiger partial charge in [0.05, 0.1) is 0 Å². The Morgan fingerprint density at radius 1 is 1.50 bits per heavy atom. The molecule has 14 heavy (non-hydrogen) atoms. The van der Waals surface area contributed by atoms with Gasteiger partial charge in [0.15, 0.2) is 0 Å². The first-order valence-corrected chi connectivity index (χ1v) is 5.08. The van der Waals surface area contributed by atoms with Crippen molar-refractivity contribution in [1.29, 1.82) is 5.41 Å². The van der Waals surface area contributed by atoms with E-state index in [4.69, 9.17) is 16.9 Å². The van der Waals surface area contributed by atoms with Gasteiger partial charge in [-0.05, 0) is 12.0 Å². The standard InChI is InChI=1S/C9H15N3S.ClH/c1-5(2)8(10)7-3-6(4-13-7)9(11)12;/h3-5,8H,10H2,1-2H3,(H3,11,12);1H. The second kappa shape index (κ2) is 5.34. The van der Waals surface area contributed by atoms with E-state index in [-0.39, 0.29) is 24.3 Å². The Morgan fingerprint density at radius 2 is 2.07 bits per heavy atom. The fraction of sp³-hybridized carbons (Fsp3) is 0.444. The van der Waals surface area contributed by atoms with Gasteiger partial charge >= 0.3 is 0 Å². The highest BCUT2D eigenvalue weighted by Gasteiger charge is 2.13. The molecule has 0 amide bonds. The van der Waals surface area contributed by atoms with E-state index in [1.807, 2.05) is 11.4 Å². The molecule has 0 fully saturated rings. The van der Waals surface area contributed by atoms with Crippen LogP contribution in [0.25, 0.3) is 0 Å². The van der Waals surface area contributed by atoms with Crippen LogP contribution in [0.5, 0.6) is 0 Å². The van der Waals surface area contributed by atoms with E-state index < -0.39 is 0 Å². The molecular weight excluding hydrogens is 218 g/mol. The smallest absolute Gasteiger partial charge is 0.123 e. The molecular formula is C9H16ClN3S. The van der Waals surface area contributed by atoms with E-state index in [0.29, 0.717) is 5.92 Å². The molecule has 3 nitrogen and oxygen atoms in total. The third kappa shape index (κ3) is 2.97. The van der Waals surface area contributed by atoms with Crippen LogP contribution in [-0.2, 0) is 0 Å². The molecule has 0 aliphatic rings. The summed E-state index contributed by atoms with van der Waals surface area (Å²) >= 11 is 1.57. The van der Waals surface area contributed by atoms with Gasteiger partial charge in [0, 0.05) is 21.9 Å². The van der Waals surface area contributed by atoms with Crippen molar-refractivity contribution in [2.75, 3.05) is 0 Å². The number of thiophene rings is 1. The second-order valence-corrected chi connectivity index (χ2v) is 4.36. The van der Waals surface area contributed by atoms with Crippen LogP contribution in [0.2, 0.25) is 0 Å². The fourth-order valence-electron chi connectivity index (χ4n) is 0.997. The molecule has 1 atom stereocenters. The number of halogens is 1. The number of nitrogen functional groups attached to an aromatic ring is 1. The van der Waals surface area contributed by atoms with E-state index in [9.17, 15) is 0 Å². The van der Waals surface area contributed by atoms with Gasteiger partial charge in [0.1, 0.15) is 5.84 Å². The summed E-state index contributed by atoms with van der Waals surface area (Å²) in [6.07, 6.45) is 0. The third-order valence-electron chi connectivity index (χ3n) is 1.98. The minimum absolute atomic E-state index is 0. The van der Waals surface area contributed by atoms with Gasteiger partial charge < -0.3 is 11.5 Å². The Hall–Kier alpha value is -0.580. The Kier molecular flexibility index (Phi) is 5.12. The fourth-order valence-corrected chi connectivity index (χ4v) is 2.08. The van der Waals surface area contributed by atoms with E-state index in [1.165, 1.54) is 0 Å². The SMILES string of the molecule is CC(C)C(N)c1cc(C(=N)N)cs1.Cl. The van der Waals surface area contributed by atoms with Crippen LogP contribution in [0.15, 0.2) is 11.4 Å². The highest BCUT2D eigenvalue weighted by atomic mass is 35.5. The van der Waals surface area contributed by atoms with Gasteiger partial charge in [0.2, 0.25) is 0 Å². The van der Waals surface area contributed by atoms with Crippen LogP contribution < -0.4 is 11.5 Å². The summed E-state index contributed by atoms with van der Waals surface area (Å²) in [6.45, 7) is 4.16. The number of amidine groups is 1. The molecule has 0 aromatic carbocycles. The number of hydrogen-bond acceptors (Lipinski definition) is 3. The molecule has 0 spiro atoms. The zero-order chi connectivity index (χ0) is 10.0. The van der Waals surface area contributed by atoms with Crippen molar-refractivity contribution < 1.29 is 0 Å². The monoisotopic (exact) mass is 233 g/mol. The van der Waals surface area contributed by atoms with Gasteiger partial charge in [-0.3, -0.25) is 5.41 Å². The number of hydrogen-bond donors (Lipinski definition) is 3. The minimum Gasteiger partial charge on any atom is -0.384 e. The van der Waals surface area contributed by atoms with Crippen molar-refractivity contribution in [2.24, 2.45) is 17.4 Å². The molecule has 1 unspecified atom stereocenters. The Balaban J connectivity index is 0.00000169. The maximum atomic E-state index is 7.24. The minimum atomic E-state index is 0. The molecule has 1 aromatic rings. The summed E-state index contributed by atoms with van der Waals surface area (Å²) in [5.41, 5.74) is 12.1. The van der Waals surface area contributed by atoms with Crippen molar-refractivity contribution in [1.82, 2.24) is 0 Å². The first-order valence-electron chi connectivity index (χ1n) is 4.20. The second-order valence-electron chi connectivity index (χ2n) is 3.42. The zero-order valence-electron chi connectivity index (χ0n) is 8.28. The summed E-state index contributed by atoms with van der Waals surface area (Å²) in [5, 5.41) is 9.12. The number of nitrogens with two attached hydrogens (primary N) is 2. The average Bonchev–Trinajstić information content (AvgIpc) is 2.50. The lowest BCUT2D eigenvalue weighted by Crippen LogP contribution is -2.15. The van der Waals surface area contributed by atoms with Crippen molar-refractivity contribution in [3.8, 4) is 0 Å². The third-order valence-corrected chi connectivity index (χ3v) is 3.01. The molecule has 0 aliphatic carbocycles. The molecule has 5 N–H and O–H groups in total. The van der Waals surface area contributed by atoms with Crippen LogP contribution in [-0.4, -0.2) is 5.84 Å².